The van der Waals surface area contributed by atoms with Gasteiger partial charge >= 0.3 is 0 Å². The maximum absolute atomic E-state index is 12.6. The van der Waals surface area contributed by atoms with Gasteiger partial charge in [-0.3, -0.25) is 10.1 Å². The zero-order valence-corrected chi connectivity index (χ0v) is 14.3. The van der Waals surface area contributed by atoms with Gasteiger partial charge in [0.15, 0.2) is 0 Å². The molecule has 0 saturated carbocycles. The molecule has 3 atom stereocenters. The van der Waals surface area contributed by atoms with Gasteiger partial charge in [-0.25, -0.2) is 0 Å². The number of rotatable bonds is 8. The molecule has 1 rings (SSSR count). The summed E-state index contributed by atoms with van der Waals surface area (Å²) in [5, 5.41) is 3.57. The molecule has 0 aromatic heterocycles. The number of carbonyl (C=O) groups is 1. The SMILES string of the molecule is CCC(C)C1NC(C(C)C)N(CCCCC(C)C)C1=O. The highest BCUT2D eigenvalue weighted by Gasteiger charge is 2.41. The van der Waals surface area contributed by atoms with Crippen molar-refractivity contribution in [3.05, 3.63) is 0 Å². The van der Waals surface area contributed by atoms with E-state index < -0.39 is 0 Å². The first kappa shape index (κ1) is 17.5. The van der Waals surface area contributed by atoms with Crippen LogP contribution in [-0.4, -0.2) is 29.6 Å². The van der Waals surface area contributed by atoms with Gasteiger partial charge in [0.2, 0.25) is 5.91 Å². The molecular weight excluding hydrogens is 248 g/mol. The van der Waals surface area contributed by atoms with E-state index in [0.29, 0.717) is 17.7 Å². The van der Waals surface area contributed by atoms with E-state index in [1.165, 1.54) is 12.8 Å². The standard InChI is InChI=1S/C17H34N2O/c1-7-14(6)15-17(20)19(16(18-15)13(4)5)11-9-8-10-12(2)3/h12-16,18H,7-11H2,1-6H3. The van der Waals surface area contributed by atoms with Crippen molar-refractivity contribution in [2.24, 2.45) is 17.8 Å². The predicted molar refractivity (Wildman–Crippen MR) is 85.4 cm³/mol. The van der Waals surface area contributed by atoms with Gasteiger partial charge in [0.25, 0.3) is 0 Å². The third kappa shape index (κ3) is 4.47. The van der Waals surface area contributed by atoms with Crippen molar-refractivity contribution in [3.8, 4) is 0 Å². The number of carbonyl (C=O) groups excluding carboxylic acids is 1. The molecule has 0 aromatic rings. The Morgan fingerprint density at radius 1 is 1.15 bits per heavy atom. The van der Waals surface area contributed by atoms with Gasteiger partial charge < -0.3 is 4.90 Å². The number of unbranched alkanes of at least 4 members (excludes halogenated alkanes) is 1. The van der Waals surface area contributed by atoms with Gasteiger partial charge in [0.05, 0.1) is 12.2 Å². The van der Waals surface area contributed by atoms with Crippen LogP contribution in [0.1, 0.15) is 67.2 Å². The number of hydrogen-bond donors (Lipinski definition) is 1. The van der Waals surface area contributed by atoms with Crippen molar-refractivity contribution < 1.29 is 4.79 Å². The number of nitrogens with one attached hydrogen (secondary N) is 1. The van der Waals surface area contributed by atoms with Gasteiger partial charge in [-0.05, 0) is 24.2 Å². The summed E-state index contributed by atoms with van der Waals surface area (Å²) in [5.41, 5.74) is 0. The summed E-state index contributed by atoms with van der Waals surface area (Å²) in [4.78, 5) is 14.7. The summed E-state index contributed by atoms with van der Waals surface area (Å²) in [5.74, 6) is 1.97. The summed E-state index contributed by atoms with van der Waals surface area (Å²) in [7, 11) is 0. The minimum absolute atomic E-state index is 0.0255. The van der Waals surface area contributed by atoms with Crippen LogP contribution in [0.2, 0.25) is 0 Å². The van der Waals surface area contributed by atoms with Crippen LogP contribution in [-0.2, 0) is 4.79 Å². The molecular formula is C17H34N2O. The van der Waals surface area contributed by atoms with Gasteiger partial charge in [-0.2, -0.15) is 0 Å². The number of amides is 1. The molecule has 20 heavy (non-hydrogen) atoms. The van der Waals surface area contributed by atoms with E-state index in [-0.39, 0.29) is 12.2 Å². The average Bonchev–Trinajstić information content (AvgIpc) is 2.71. The molecule has 1 heterocycles. The Bertz CT molecular complexity index is 301. The summed E-state index contributed by atoms with van der Waals surface area (Å²) >= 11 is 0. The summed E-state index contributed by atoms with van der Waals surface area (Å²) in [6, 6.07) is 0.0255. The Morgan fingerprint density at radius 2 is 1.80 bits per heavy atom. The molecule has 118 valence electrons. The molecule has 0 spiro atoms. The van der Waals surface area contributed by atoms with Crippen LogP contribution >= 0.6 is 0 Å². The fraction of sp³-hybridized carbons (Fsp3) is 0.941. The van der Waals surface area contributed by atoms with Crippen LogP contribution in [0, 0.1) is 17.8 Å². The van der Waals surface area contributed by atoms with E-state index >= 15 is 0 Å². The molecule has 1 aliphatic heterocycles. The molecule has 0 radical (unpaired) electrons. The molecule has 1 saturated heterocycles. The van der Waals surface area contributed by atoms with Gasteiger partial charge in [0.1, 0.15) is 0 Å². The van der Waals surface area contributed by atoms with Crippen LogP contribution in [0.25, 0.3) is 0 Å². The minimum atomic E-state index is 0.0255. The molecule has 1 N–H and O–H groups in total. The molecule has 1 fully saturated rings. The minimum Gasteiger partial charge on any atom is -0.326 e. The monoisotopic (exact) mass is 282 g/mol. The summed E-state index contributed by atoms with van der Waals surface area (Å²) in [6.45, 7) is 14.2. The zero-order chi connectivity index (χ0) is 15.3. The fourth-order valence-electron chi connectivity index (χ4n) is 2.94. The molecule has 0 bridgehead atoms. The van der Waals surface area contributed by atoms with Crippen molar-refractivity contribution >= 4 is 5.91 Å². The summed E-state index contributed by atoms with van der Waals surface area (Å²) in [6.07, 6.45) is 4.88. The average molecular weight is 282 g/mol. The normalized spacial score (nSPS) is 25.0. The quantitative estimate of drug-likeness (QED) is 0.689. The lowest BCUT2D eigenvalue weighted by atomic mass is 9.99. The maximum Gasteiger partial charge on any atom is 0.241 e. The maximum atomic E-state index is 12.6. The lowest BCUT2D eigenvalue weighted by Gasteiger charge is -2.27. The molecule has 3 nitrogen and oxygen atoms in total. The van der Waals surface area contributed by atoms with Crippen LogP contribution in [0.4, 0.5) is 0 Å². The van der Waals surface area contributed by atoms with E-state index in [2.05, 4.69) is 51.8 Å². The van der Waals surface area contributed by atoms with E-state index in [9.17, 15) is 4.79 Å². The second kappa shape index (κ2) is 8.02. The van der Waals surface area contributed by atoms with Crippen molar-refractivity contribution in [1.29, 1.82) is 0 Å². The third-order valence-corrected chi connectivity index (χ3v) is 4.51. The Kier molecular flexibility index (Phi) is 7.01. The van der Waals surface area contributed by atoms with Crippen LogP contribution in [0.15, 0.2) is 0 Å². The largest absolute Gasteiger partial charge is 0.326 e. The predicted octanol–water partition coefficient (Wildman–Crippen LogP) is 3.64. The molecule has 3 unspecified atom stereocenters. The lowest BCUT2D eigenvalue weighted by Crippen LogP contribution is -2.42. The van der Waals surface area contributed by atoms with Crippen LogP contribution in [0.5, 0.6) is 0 Å². The topological polar surface area (TPSA) is 32.3 Å². The van der Waals surface area contributed by atoms with E-state index in [4.69, 9.17) is 0 Å². The highest BCUT2D eigenvalue weighted by Crippen LogP contribution is 2.24. The third-order valence-electron chi connectivity index (χ3n) is 4.51. The first-order chi connectivity index (χ1) is 9.38. The van der Waals surface area contributed by atoms with E-state index in [0.717, 1.165) is 25.3 Å². The first-order valence-electron chi connectivity index (χ1n) is 8.45. The van der Waals surface area contributed by atoms with Crippen molar-refractivity contribution in [2.45, 2.75) is 79.4 Å². The summed E-state index contributed by atoms with van der Waals surface area (Å²) < 4.78 is 0. The second-order valence-electron chi connectivity index (χ2n) is 7.14. The van der Waals surface area contributed by atoms with E-state index in [1.54, 1.807) is 0 Å². The number of nitrogens with zero attached hydrogens (tertiary/aromatic N) is 1. The van der Waals surface area contributed by atoms with Crippen molar-refractivity contribution in [2.75, 3.05) is 6.54 Å². The Morgan fingerprint density at radius 3 is 2.30 bits per heavy atom. The number of hydrogen-bond acceptors (Lipinski definition) is 2. The Hall–Kier alpha value is -0.570. The Labute approximate surface area is 125 Å². The van der Waals surface area contributed by atoms with Crippen molar-refractivity contribution in [1.82, 2.24) is 10.2 Å². The zero-order valence-electron chi connectivity index (χ0n) is 14.3. The van der Waals surface area contributed by atoms with Gasteiger partial charge in [0, 0.05) is 6.54 Å². The van der Waals surface area contributed by atoms with E-state index in [1.807, 2.05) is 0 Å². The molecule has 3 heteroatoms. The van der Waals surface area contributed by atoms with Crippen molar-refractivity contribution in [3.63, 3.8) is 0 Å². The highest BCUT2D eigenvalue weighted by molar-refractivity contribution is 5.84. The first-order valence-corrected chi connectivity index (χ1v) is 8.45. The molecule has 1 amide bonds. The molecule has 1 aliphatic rings. The van der Waals surface area contributed by atoms with Gasteiger partial charge in [-0.15, -0.1) is 0 Å². The smallest absolute Gasteiger partial charge is 0.241 e. The van der Waals surface area contributed by atoms with Crippen LogP contribution < -0.4 is 5.32 Å². The van der Waals surface area contributed by atoms with Gasteiger partial charge in [-0.1, -0.05) is 60.8 Å². The Balaban J connectivity index is 2.58. The lowest BCUT2D eigenvalue weighted by molar-refractivity contribution is -0.131. The highest BCUT2D eigenvalue weighted by atomic mass is 16.2. The molecule has 0 aromatic carbocycles. The molecule has 0 aliphatic carbocycles. The van der Waals surface area contributed by atoms with Crippen LogP contribution in [0.3, 0.4) is 0 Å². The second-order valence-corrected chi connectivity index (χ2v) is 7.14. The fourth-order valence-corrected chi connectivity index (χ4v) is 2.94.